The number of nitro groups is 2. The first kappa shape index (κ1) is 20.2. The summed E-state index contributed by atoms with van der Waals surface area (Å²) in [5, 5.41) is 26.8. The molecule has 0 saturated heterocycles. The second kappa shape index (κ2) is 8.63. The number of anilines is 1. The number of halogens is 1. The average Bonchev–Trinajstić information content (AvgIpc) is 2.72. The molecule has 0 spiro atoms. The van der Waals surface area contributed by atoms with Crippen LogP contribution in [0.4, 0.5) is 17.1 Å². The minimum absolute atomic E-state index is 0.143. The third kappa shape index (κ3) is 3.98. The van der Waals surface area contributed by atoms with Crippen LogP contribution < -0.4 is 5.43 Å². The van der Waals surface area contributed by atoms with Crippen molar-refractivity contribution in [2.45, 2.75) is 31.1 Å². The number of non-ortho nitro benzene ring substituents is 1. The Bertz CT molecular complexity index is 919. The summed E-state index contributed by atoms with van der Waals surface area (Å²) in [6, 6.07) is 13.7. The van der Waals surface area contributed by atoms with E-state index >= 15 is 0 Å². The predicted octanol–water partition coefficient (Wildman–Crippen LogP) is 5.22. The fourth-order valence-corrected chi connectivity index (χ4v) is 4.82. The van der Waals surface area contributed by atoms with Gasteiger partial charge >= 0.3 is 5.69 Å². The normalized spacial score (nSPS) is 20.7. The zero-order valence-electron chi connectivity index (χ0n) is 15.0. The minimum Gasteiger partial charge on any atom is -0.272 e. The molecule has 1 fully saturated rings. The van der Waals surface area contributed by atoms with Gasteiger partial charge in [-0.05, 0) is 30.9 Å². The molecule has 3 rings (SSSR count). The summed E-state index contributed by atoms with van der Waals surface area (Å²) in [6.07, 6.45) is 3.86. The van der Waals surface area contributed by atoms with E-state index in [4.69, 9.17) is 0 Å². The monoisotopic (exact) mass is 494 g/mol. The maximum Gasteiger partial charge on any atom is 0.301 e. The summed E-state index contributed by atoms with van der Waals surface area (Å²) >= 11 is 2.37. The molecule has 0 heterocycles. The van der Waals surface area contributed by atoms with Crippen molar-refractivity contribution in [2.24, 2.45) is 5.10 Å². The summed E-state index contributed by atoms with van der Waals surface area (Å²) in [5.41, 5.74) is 4.17. The average molecular weight is 494 g/mol. The lowest BCUT2D eigenvalue weighted by Crippen LogP contribution is -2.40. The molecule has 1 aliphatic carbocycles. The third-order valence-electron chi connectivity index (χ3n) is 5.07. The van der Waals surface area contributed by atoms with Gasteiger partial charge in [0.25, 0.3) is 5.69 Å². The van der Waals surface area contributed by atoms with Crippen LogP contribution in [0.1, 0.15) is 31.2 Å². The Morgan fingerprint density at radius 3 is 2.46 bits per heavy atom. The van der Waals surface area contributed by atoms with E-state index in [2.05, 4.69) is 45.3 Å². The summed E-state index contributed by atoms with van der Waals surface area (Å²) in [7, 11) is 0. The minimum atomic E-state index is -0.652. The SMILES string of the molecule is O=[N+]([O-])c1ccc(N/N=C2\CCCC[C@]2(CI)c2ccccc2)c([N+](=O)[O-])c1. The molecule has 1 aliphatic rings. The van der Waals surface area contributed by atoms with Crippen LogP contribution in [0.15, 0.2) is 53.6 Å². The quantitative estimate of drug-likeness (QED) is 0.256. The van der Waals surface area contributed by atoms with Gasteiger partial charge in [-0.2, -0.15) is 5.10 Å². The van der Waals surface area contributed by atoms with Gasteiger partial charge in [-0.3, -0.25) is 25.7 Å². The number of hydrazone groups is 1. The summed E-state index contributed by atoms with van der Waals surface area (Å²) in [5.74, 6) is 0. The zero-order valence-corrected chi connectivity index (χ0v) is 17.2. The van der Waals surface area contributed by atoms with E-state index in [0.29, 0.717) is 0 Å². The molecule has 9 heteroatoms. The van der Waals surface area contributed by atoms with E-state index in [9.17, 15) is 20.2 Å². The van der Waals surface area contributed by atoms with Crippen LogP contribution in [0, 0.1) is 20.2 Å². The number of rotatable bonds is 6. The van der Waals surface area contributed by atoms with Crippen molar-refractivity contribution < 1.29 is 9.85 Å². The number of nitrogens with one attached hydrogen (secondary N) is 1. The van der Waals surface area contributed by atoms with Gasteiger partial charge in [0.2, 0.25) is 0 Å². The molecule has 2 aromatic rings. The van der Waals surface area contributed by atoms with Crippen LogP contribution >= 0.6 is 22.6 Å². The van der Waals surface area contributed by atoms with Gasteiger partial charge in [0.1, 0.15) is 5.69 Å². The highest BCUT2D eigenvalue weighted by Gasteiger charge is 2.38. The van der Waals surface area contributed by atoms with Gasteiger partial charge in [0.15, 0.2) is 0 Å². The van der Waals surface area contributed by atoms with Crippen LogP contribution in [-0.4, -0.2) is 20.0 Å². The molecule has 0 aromatic heterocycles. The standard InChI is InChI=1S/C19H19IN4O4/c20-13-19(14-6-2-1-3-7-14)11-5-4-8-18(19)22-21-16-10-9-15(23(25)26)12-17(16)24(27)28/h1-3,6-7,9-10,12,21H,4-5,8,11,13H2/b22-18+/t19-/m0/s1. The van der Waals surface area contributed by atoms with E-state index in [1.807, 2.05) is 18.2 Å². The molecule has 0 aliphatic heterocycles. The Kier molecular flexibility index (Phi) is 6.22. The van der Waals surface area contributed by atoms with Crippen LogP contribution in [0.2, 0.25) is 0 Å². The molecule has 1 atom stereocenters. The topological polar surface area (TPSA) is 111 Å². The number of nitro benzene ring substituents is 2. The second-order valence-corrected chi connectivity index (χ2v) is 7.44. The largest absolute Gasteiger partial charge is 0.301 e. The molecule has 0 radical (unpaired) electrons. The summed E-state index contributed by atoms with van der Waals surface area (Å²) in [6.45, 7) is 0. The van der Waals surface area contributed by atoms with Gasteiger partial charge in [-0.15, -0.1) is 0 Å². The van der Waals surface area contributed by atoms with Crippen molar-refractivity contribution >= 4 is 45.4 Å². The van der Waals surface area contributed by atoms with Gasteiger partial charge in [0, 0.05) is 21.6 Å². The van der Waals surface area contributed by atoms with Gasteiger partial charge in [-0.25, -0.2) is 0 Å². The fraction of sp³-hybridized carbons (Fsp3) is 0.316. The molecule has 0 bridgehead atoms. The molecular formula is C19H19IN4O4. The summed E-state index contributed by atoms with van der Waals surface area (Å²) in [4.78, 5) is 21.0. The molecule has 1 saturated carbocycles. The molecule has 2 aromatic carbocycles. The van der Waals surface area contributed by atoms with Crippen molar-refractivity contribution in [2.75, 3.05) is 9.85 Å². The highest BCUT2D eigenvalue weighted by atomic mass is 127. The Morgan fingerprint density at radius 1 is 1.07 bits per heavy atom. The first-order valence-electron chi connectivity index (χ1n) is 8.85. The molecule has 146 valence electrons. The fourth-order valence-electron chi connectivity index (χ4n) is 3.56. The van der Waals surface area contributed by atoms with Crippen LogP contribution in [0.25, 0.3) is 0 Å². The van der Waals surface area contributed by atoms with E-state index in [0.717, 1.165) is 41.9 Å². The van der Waals surface area contributed by atoms with Crippen molar-refractivity contribution in [1.29, 1.82) is 0 Å². The third-order valence-corrected chi connectivity index (χ3v) is 6.38. The number of nitrogens with zero attached hydrogens (tertiary/aromatic N) is 3. The molecule has 1 N–H and O–H groups in total. The number of alkyl halides is 1. The first-order chi connectivity index (χ1) is 13.5. The van der Waals surface area contributed by atoms with E-state index in [1.165, 1.54) is 17.7 Å². The second-order valence-electron chi connectivity index (χ2n) is 6.67. The maximum absolute atomic E-state index is 11.3. The van der Waals surface area contributed by atoms with Gasteiger partial charge in [0.05, 0.1) is 15.9 Å². The predicted molar refractivity (Wildman–Crippen MR) is 116 cm³/mol. The van der Waals surface area contributed by atoms with Gasteiger partial charge in [-0.1, -0.05) is 59.3 Å². The smallest absolute Gasteiger partial charge is 0.272 e. The highest BCUT2D eigenvalue weighted by molar-refractivity contribution is 14.1. The summed E-state index contributed by atoms with van der Waals surface area (Å²) < 4.78 is 0.845. The maximum atomic E-state index is 11.3. The van der Waals surface area contributed by atoms with Gasteiger partial charge < -0.3 is 0 Å². The van der Waals surface area contributed by atoms with Crippen molar-refractivity contribution in [3.63, 3.8) is 0 Å². The zero-order chi connectivity index (χ0) is 20.1. The number of hydrogen-bond acceptors (Lipinski definition) is 6. The molecule has 0 unspecified atom stereocenters. The first-order valence-corrected chi connectivity index (χ1v) is 10.4. The van der Waals surface area contributed by atoms with Crippen LogP contribution in [-0.2, 0) is 5.41 Å². The Morgan fingerprint density at radius 2 is 1.82 bits per heavy atom. The van der Waals surface area contributed by atoms with Crippen LogP contribution in [0.5, 0.6) is 0 Å². The molecule has 0 amide bonds. The van der Waals surface area contributed by atoms with Crippen molar-refractivity contribution in [3.8, 4) is 0 Å². The van der Waals surface area contributed by atoms with E-state index < -0.39 is 9.85 Å². The lowest BCUT2D eigenvalue weighted by molar-refractivity contribution is -0.393. The Labute approximate surface area is 175 Å². The highest BCUT2D eigenvalue weighted by Crippen LogP contribution is 2.39. The Hall–Kier alpha value is -2.56. The Balaban J connectivity index is 1.98. The molecule has 28 heavy (non-hydrogen) atoms. The lowest BCUT2D eigenvalue weighted by Gasteiger charge is -2.37. The molecule has 8 nitrogen and oxygen atoms in total. The van der Waals surface area contributed by atoms with Crippen molar-refractivity contribution in [3.05, 3.63) is 74.3 Å². The van der Waals surface area contributed by atoms with E-state index in [1.54, 1.807) is 0 Å². The van der Waals surface area contributed by atoms with Crippen LogP contribution in [0.3, 0.4) is 0 Å². The van der Waals surface area contributed by atoms with E-state index in [-0.39, 0.29) is 22.5 Å². The molecular weight excluding hydrogens is 475 g/mol. The number of hydrogen-bond donors (Lipinski definition) is 1. The van der Waals surface area contributed by atoms with Crippen molar-refractivity contribution in [1.82, 2.24) is 0 Å². The number of benzene rings is 2. The lowest BCUT2D eigenvalue weighted by atomic mass is 9.69.